The lowest BCUT2D eigenvalue weighted by molar-refractivity contribution is -0.146. The summed E-state index contributed by atoms with van der Waals surface area (Å²) in [4.78, 5) is 25.1. The minimum absolute atomic E-state index is 0.150. The third kappa shape index (κ3) is 4.76. The van der Waals surface area contributed by atoms with Crippen LogP contribution in [0, 0.1) is 35.0 Å². The molecule has 0 aromatic rings. The van der Waals surface area contributed by atoms with Crippen LogP contribution < -0.4 is 21.5 Å². The van der Waals surface area contributed by atoms with Crippen LogP contribution in [-0.2, 0) is 9.59 Å². The van der Waals surface area contributed by atoms with E-state index in [4.69, 9.17) is 12.2 Å². The van der Waals surface area contributed by atoms with E-state index in [0.29, 0.717) is 29.5 Å². The van der Waals surface area contributed by atoms with Gasteiger partial charge in [-0.2, -0.15) is 0 Å². The van der Waals surface area contributed by atoms with Gasteiger partial charge in [0.2, 0.25) is 11.8 Å². The Bertz CT molecular complexity index is 647. The summed E-state index contributed by atoms with van der Waals surface area (Å²) >= 11 is 5.34. The number of carbonyl (C=O) groups is 2. The zero-order valence-electron chi connectivity index (χ0n) is 18.5. The van der Waals surface area contributed by atoms with E-state index in [-0.39, 0.29) is 23.7 Å². The summed E-state index contributed by atoms with van der Waals surface area (Å²) in [5.41, 5.74) is 5.33. The van der Waals surface area contributed by atoms with Crippen molar-refractivity contribution in [2.75, 3.05) is 6.54 Å². The molecule has 6 nitrogen and oxygen atoms in total. The van der Waals surface area contributed by atoms with Crippen LogP contribution in [0.5, 0.6) is 0 Å². The molecular formula is C23H38N4O2S. The van der Waals surface area contributed by atoms with Crippen LogP contribution in [0.3, 0.4) is 0 Å². The molecule has 0 saturated heterocycles. The van der Waals surface area contributed by atoms with Crippen molar-refractivity contribution in [3.05, 3.63) is 0 Å². The highest BCUT2D eigenvalue weighted by Crippen LogP contribution is 2.60. The number of hydrogen-bond donors (Lipinski definition) is 4. The molecule has 4 bridgehead atoms. The Kier molecular flexibility index (Phi) is 6.56. The molecule has 7 heteroatoms. The Hall–Kier alpha value is -1.37. The molecule has 5 fully saturated rings. The van der Waals surface area contributed by atoms with Gasteiger partial charge >= 0.3 is 0 Å². The van der Waals surface area contributed by atoms with Gasteiger partial charge in [-0.05, 0) is 86.8 Å². The fraction of sp³-hybridized carbons (Fsp3) is 0.870. The van der Waals surface area contributed by atoms with Gasteiger partial charge < -0.3 is 10.6 Å². The highest BCUT2D eigenvalue weighted by atomic mass is 32.1. The van der Waals surface area contributed by atoms with E-state index in [1.165, 1.54) is 32.1 Å². The lowest BCUT2D eigenvalue weighted by Gasteiger charge is -2.55. The van der Waals surface area contributed by atoms with E-state index in [9.17, 15) is 9.59 Å². The van der Waals surface area contributed by atoms with Gasteiger partial charge in [0.15, 0.2) is 5.11 Å². The predicted octanol–water partition coefficient (Wildman–Crippen LogP) is 3.03. The van der Waals surface area contributed by atoms with Crippen molar-refractivity contribution < 1.29 is 9.59 Å². The maximum atomic E-state index is 12.9. The van der Waals surface area contributed by atoms with Gasteiger partial charge in [-0.25, -0.2) is 0 Å². The lowest BCUT2D eigenvalue weighted by Crippen LogP contribution is -2.54. The van der Waals surface area contributed by atoms with Crippen molar-refractivity contribution in [2.24, 2.45) is 35.0 Å². The first kappa shape index (κ1) is 21.8. The van der Waals surface area contributed by atoms with Crippen LogP contribution in [0.25, 0.3) is 0 Å². The maximum Gasteiger partial charge on any atom is 0.240 e. The number of rotatable bonds is 5. The summed E-state index contributed by atoms with van der Waals surface area (Å²) in [6, 6.07) is 0.352. The van der Waals surface area contributed by atoms with Gasteiger partial charge in [-0.1, -0.05) is 26.7 Å². The molecule has 5 saturated carbocycles. The molecule has 0 aliphatic heterocycles. The minimum atomic E-state index is -0.157. The number of thiocarbonyl (C=S) groups is 1. The van der Waals surface area contributed by atoms with Crippen LogP contribution >= 0.6 is 12.2 Å². The molecule has 0 aromatic carbocycles. The van der Waals surface area contributed by atoms with E-state index in [1.54, 1.807) is 0 Å². The first-order valence-electron chi connectivity index (χ1n) is 12.0. The van der Waals surface area contributed by atoms with Gasteiger partial charge in [-0.3, -0.25) is 20.4 Å². The SMILES string of the molecule is C[C@H]1[C@@H](NC(=S)NNC(=O)CCNC(=O)C23CC4CC(CC(C4)C2)C3)CCC[C@@H]1C. The standard InChI is InChI=1S/C23H38N4O2S/c1-14-4-3-5-19(15(14)2)25-22(30)27-26-20(28)6-7-24-21(29)23-11-16-8-17(12-23)10-18(9-16)13-23/h14-19H,3-13H2,1-2H3,(H,24,29)(H,26,28)(H2,25,27,30)/t14-,15+,16?,17?,18?,19-,23?/m0/s1. The molecule has 0 aromatic heterocycles. The Balaban J connectivity index is 1.14. The summed E-state index contributed by atoms with van der Waals surface area (Å²) in [6.45, 7) is 4.93. The summed E-state index contributed by atoms with van der Waals surface area (Å²) in [5.74, 6) is 3.52. The first-order valence-corrected chi connectivity index (χ1v) is 12.4. The van der Waals surface area contributed by atoms with Crippen molar-refractivity contribution in [2.45, 2.75) is 84.1 Å². The molecule has 168 valence electrons. The average molecular weight is 435 g/mol. The van der Waals surface area contributed by atoms with E-state index in [1.807, 2.05) is 0 Å². The second kappa shape index (κ2) is 9.01. The number of hydrazine groups is 1. The van der Waals surface area contributed by atoms with Gasteiger partial charge in [0.25, 0.3) is 0 Å². The van der Waals surface area contributed by atoms with Gasteiger partial charge in [0.1, 0.15) is 0 Å². The molecule has 0 unspecified atom stereocenters. The summed E-state index contributed by atoms with van der Waals surface area (Å²) in [6.07, 6.45) is 11.0. The fourth-order valence-corrected chi connectivity index (χ4v) is 7.25. The molecule has 0 heterocycles. The summed E-state index contributed by atoms with van der Waals surface area (Å²) in [5, 5.41) is 6.86. The van der Waals surface area contributed by atoms with Crippen molar-refractivity contribution in [3.8, 4) is 0 Å². The molecule has 5 rings (SSSR count). The second-order valence-corrected chi connectivity index (χ2v) is 11.1. The Morgan fingerprint density at radius 3 is 2.23 bits per heavy atom. The maximum absolute atomic E-state index is 12.9. The highest BCUT2D eigenvalue weighted by Gasteiger charge is 2.54. The van der Waals surface area contributed by atoms with Crippen LogP contribution in [0.15, 0.2) is 0 Å². The smallest absolute Gasteiger partial charge is 0.240 e. The van der Waals surface area contributed by atoms with Crippen LogP contribution in [0.1, 0.15) is 78.1 Å². The fourth-order valence-electron chi connectivity index (χ4n) is 7.04. The Morgan fingerprint density at radius 2 is 1.60 bits per heavy atom. The minimum Gasteiger partial charge on any atom is -0.358 e. The first-order chi connectivity index (χ1) is 14.3. The molecule has 3 atom stereocenters. The molecule has 2 amide bonds. The largest absolute Gasteiger partial charge is 0.358 e. The van der Waals surface area contributed by atoms with E-state index < -0.39 is 0 Å². The topological polar surface area (TPSA) is 82.3 Å². The van der Waals surface area contributed by atoms with Gasteiger partial charge in [-0.15, -0.1) is 0 Å². The lowest BCUT2D eigenvalue weighted by atomic mass is 9.49. The molecule has 5 aliphatic carbocycles. The van der Waals surface area contributed by atoms with E-state index in [2.05, 4.69) is 35.3 Å². The molecule has 5 aliphatic rings. The summed E-state index contributed by atoms with van der Waals surface area (Å²) < 4.78 is 0. The molecule has 4 N–H and O–H groups in total. The number of amides is 2. The highest BCUT2D eigenvalue weighted by molar-refractivity contribution is 7.80. The number of carbonyl (C=O) groups excluding carboxylic acids is 2. The van der Waals surface area contributed by atoms with Crippen molar-refractivity contribution in [1.29, 1.82) is 0 Å². The zero-order valence-corrected chi connectivity index (χ0v) is 19.3. The average Bonchev–Trinajstić information content (AvgIpc) is 2.69. The molecule has 0 radical (unpaired) electrons. The quantitative estimate of drug-likeness (QED) is 0.395. The monoisotopic (exact) mass is 434 g/mol. The van der Waals surface area contributed by atoms with Gasteiger partial charge in [0, 0.05) is 24.4 Å². The third-order valence-electron chi connectivity index (χ3n) is 8.50. The Morgan fingerprint density at radius 1 is 0.967 bits per heavy atom. The predicted molar refractivity (Wildman–Crippen MR) is 121 cm³/mol. The van der Waals surface area contributed by atoms with E-state index >= 15 is 0 Å². The normalized spacial score (nSPS) is 39.3. The zero-order chi connectivity index (χ0) is 21.3. The van der Waals surface area contributed by atoms with E-state index in [0.717, 1.165) is 43.4 Å². The second-order valence-electron chi connectivity index (χ2n) is 10.7. The van der Waals surface area contributed by atoms with Crippen LogP contribution in [-0.4, -0.2) is 29.5 Å². The molecule has 30 heavy (non-hydrogen) atoms. The third-order valence-corrected chi connectivity index (χ3v) is 8.72. The van der Waals surface area contributed by atoms with Crippen LogP contribution in [0.4, 0.5) is 0 Å². The number of hydrogen-bond acceptors (Lipinski definition) is 3. The molecule has 0 spiro atoms. The number of nitrogens with one attached hydrogen (secondary N) is 4. The molecular weight excluding hydrogens is 396 g/mol. The van der Waals surface area contributed by atoms with Crippen molar-refractivity contribution >= 4 is 29.1 Å². The van der Waals surface area contributed by atoms with Crippen molar-refractivity contribution in [3.63, 3.8) is 0 Å². The van der Waals surface area contributed by atoms with Crippen molar-refractivity contribution in [1.82, 2.24) is 21.5 Å². The summed E-state index contributed by atoms with van der Waals surface area (Å²) in [7, 11) is 0. The Labute approximate surface area is 186 Å². The van der Waals surface area contributed by atoms with Gasteiger partial charge in [0.05, 0.1) is 0 Å². The van der Waals surface area contributed by atoms with Crippen LogP contribution in [0.2, 0.25) is 0 Å².